The monoisotopic (exact) mass is 361 g/mol. The van der Waals surface area contributed by atoms with Crippen molar-refractivity contribution in [1.82, 2.24) is 0 Å². The predicted octanol–water partition coefficient (Wildman–Crippen LogP) is 4.67. The van der Waals surface area contributed by atoms with E-state index in [0.29, 0.717) is 17.0 Å². The van der Waals surface area contributed by atoms with Gasteiger partial charge in [-0.25, -0.2) is 4.79 Å². The van der Waals surface area contributed by atoms with Crippen LogP contribution in [0.2, 0.25) is 0 Å². The summed E-state index contributed by atoms with van der Waals surface area (Å²) in [6.45, 7) is 2.17. The minimum Gasteiger partial charge on any atom is -0.462 e. The quantitative estimate of drug-likeness (QED) is 0.461. The highest BCUT2D eigenvalue weighted by molar-refractivity contribution is 7.16. The molecule has 0 unspecified atom stereocenters. The minimum atomic E-state index is -0.280. The molecule has 2 aromatic rings. The number of carbonyl (C=O) groups is 2. The molecule has 0 amide bonds. The first-order valence-corrected chi connectivity index (χ1v) is 9.73. The molecule has 4 nitrogen and oxygen atoms in total. The van der Waals surface area contributed by atoms with Crippen molar-refractivity contribution < 1.29 is 14.3 Å². The highest BCUT2D eigenvalue weighted by Crippen LogP contribution is 2.38. The topological polar surface area (TPSA) is 55.4 Å². The third-order valence-electron chi connectivity index (χ3n) is 3.86. The Hall–Kier alpha value is -1.92. The van der Waals surface area contributed by atoms with Gasteiger partial charge >= 0.3 is 5.97 Å². The molecule has 0 saturated heterocycles. The predicted molar refractivity (Wildman–Crippen MR) is 98.3 cm³/mol. The molecule has 1 N–H and O–H groups in total. The van der Waals surface area contributed by atoms with Gasteiger partial charge in [0.05, 0.1) is 17.0 Å². The van der Waals surface area contributed by atoms with Crippen LogP contribution in [0.1, 0.15) is 50.2 Å². The van der Waals surface area contributed by atoms with E-state index < -0.39 is 0 Å². The minimum absolute atomic E-state index is 0.0449. The highest BCUT2D eigenvalue weighted by Gasteiger charge is 2.25. The van der Waals surface area contributed by atoms with E-state index in [1.807, 2.05) is 18.4 Å². The zero-order valence-corrected chi connectivity index (χ0v) is 15.1. The number of anilines is 1. The van der Waals surface area contributed by atoms with Crippen molar-refractivity contribution >= 4 is 39.4 Å². The smallest absolute Gasteiger partial charge is 0.341 e. The third-order valence-corrected chi connectivity index (χ3v) is 5.97. The van der Waals surface area contributed by atoms with Gasteiger partial charge in [0.25, 0.3) is 0 Å². The Morgan fingerprint density at radius 3 is 2.92 bits per heavy atom. The first kappa shape index (κ1) is 16.9. The van der Waals surface area contributed by atoms with E-state index in [0.717, 1.165) is 36.2 Å². The summed E-state index contributed by atoms with van der Waals surface area (Å²) in [5, 5.41) is 5.77. The Kier molecular flexibility index (Phi) is 5.48. The first-order chi connectivity index (χ1) is 11.7. The molecule has 1 aliphatic carbocycles. The largest absolute Gasteiger partial charge is 0.462 e. The van der Waals surface area contributed by atoms with Gasteiger partial charge in [-0.1, -0.05) is 6.07 Å². The lowest BCUT2D eigenvalue weighted by atomic mass is 9.95. The maximum atomic E-state index is 12.3. The summed E-state index contributed by atoms with van der Waals surface area (Å²) in [7, 11) is 0. The van der Waals surface area contributed by atoms with E-state index in [1.165, 1.54) is 22.3 Å². The van der Waals surface area contributed by atoms with Gasteiger partial charge in [0.1, 0.15) is 5.00 Å². The SMILES string of the molecule is CCOC(=O)c1c(NC=CC(=O)c2cccs2)sc2c1CCCC2. The number of rotatable bonds is 6. The third kappa shape index (κ3) is 3.60. The molecule has 0 aliphatic heterocycles. The van der Waals surface area contributed by atoms with Crippen molar-refractivity contribution in [3.05, 3.63) is 50.7 Å². The van der Waals surface area contributed by atoms with Crippen LogP contribution in [-0.2, 0) is 17.6 Å². The molecule has 0 aromatic carbocycles. The van der Waals surface area contributed by atoms with E-state index >= 15 is 0 Å². The van der Waals surface area contributed by atoms with Gasteiger partial charge in [0, 0.05) is 17.2 Å². The number of allylic oxidation sites excluding steroid dienone is 1. The standard InChI is InChI=1S/C18H19NO3S2/c1-2-22-18(21)16-12-6-3-4-7-14(12)24-17(16)19-10-9-13(20)15-8-5-11-23-15/h5,8-11,19H,2-4,6-7H2,1H3. The molecule has 3 rings (SSSR count). The summed E-state index contributed by atoms with van der Waals surface area (Å²) in [6, 6.07) is 3.65. The lowest BCUT2D eigenvalue weighted by Gasteiger charge is -2.12. The second kappa shape index (κ2) is 7.77. The number of aryl methyl sites for hydroxylation is 1. The summed E-state index contributed by atoms with van der Waals surface area (Å²) in [5.74, 6) is -0.325. The highest BCUT2D eigenvalue weighted by atomic mass is 32.1. The Morgan fingerprint density at radius 1 is 1.33 bits per heavy atom. The van der Waals surface area contributed by atoms with E-state index in [-0.39, 0.29) is 11.8 Å². The van der Waals surface area contributed by atoms with Crippen molar-refractivity contribution in [2.75, 3.05) is 11.9 Å². The fourth-order valence-electron chi connectivity index (χ4n) is 2.78. The van der Waals surface area contributed by atoms with Crippen LogP contribution in [0.5, 0.6) is 0 Å². The van der Waals surface area contributed by atoms with Gasteiger partial charge in [-0.3, -0.25) is 4.79 Å². The summed E-state index contributed by atoms with van der Waals surface area (Å²) in [5.41, 5.74) is 1.76. The van der Waals surface area contributed by atoms with E-state index in [1.54, 1.807) is 23.6 Å². The van der Waals surface area contributed by atoms with Crippen LogP contribution in [0.3, 0.4) is 0 Å². The number of carbonyl (C=O) groups excluding carboxylic acids is 2. The van der Waals surface area contributed by atoms with Crippen molar-refractivity contribution in [3.63, 3.8) is 0 Å². The van der Waals surface area contributed by atoms with Crippen LogP contribution < -0.4 is 5.32 Å². The number of esters is 1. The zero-order valence-electron chi connectivity index (χ0n) is 13.5. The molecule has 0 radical (unpaired) electrons. The van der Waals surface area contributed by atoms with Crippen LogP contribution in [0.25, 0.3) is 0 Å². The Labute approximate surface area is 149 Å². The van der Waals surface area contributed by atoms with E-state index in [2.05, 4.69) is 5.32 Å². The molecule has 6 heteroatoms. The normalized spacial score (nSPS) is 13.7. The Morgan fingerprint density at radius 2 is 2.17 bits per heavy atom. The van der Waals surface area contributed by atoms with Gasteiger partial charge < -0.3 is 10.1 Å². The van der Waals surface area contributed by atoms with Crippen LogP contribution in [0.15, 0.2) is 29.8 Å². The summed E-state index contributed by atoms with van der Waals surface area (Å²) >= 11 is 3.01. The maximum Gasteiger partial charge on any atom is 0.341 e. The average molecular weight is 361 g/mol. The number of nitrogens with one attached hydrogen (secondary N) is 1. The Balaban J connectivity index is 1.80. The molecule has 0 fully saturated rings. The summed E-state index contributed by atoms with van der Waals surface area (Å²) < 4.78 is 5.22. The van der Waals surface area contributed by atoms with Crippen molar-refractivity contribution in [3.8, 4) is 0 Å². The number of hydrogen-bond donors (Lipinski definition) is 1. The molecule has 0 bridgehead atoms. The number of ketones is 1. The number of fused-ring (bicyclic) bond motifs is 1. The van der Waals surface area contributed by atoms with Gasteiger partial charge in [-0.2, -0.15) is 0 Å². The van der Waals surface area contributed by atoms with Crippen LogP contribution in [0.4, 0.5) is 5.00 Å². The fourth-order valence-corrected chi connectivity index (χ4v) is 4.68. The number of hydrogen-bond acceptors (Lipinski definition) is 6. The second-order valence-corrected chi connectivity index (χ2v) is 7.51. The fraction of sp³-hybridized carbons (Fsp3) is 0.333. The lowest BCUT2D eigenvalue weighted by molar-refractivity contribution is 0.0526. The molecule has 0 saturated carbocycles. The molecule has 0 spiro atoms. The molecular formula is C18H19NO3S2. The molecular weight excluding hydrogens is 342 g/mol. The second-order valence-electron chi connectivity index (χ2n) is 5.45. The number of thiophene rings is 2. The maximum absolute atomic E-state index is 12.3. The van der Waals surface area contributed by atoms with Crippen molar-refractivity contribution in [2.45, 2.75) is 32.6 Å². The summed E-state index contributed by atoms with van der Waals surface area (Å²) in [6.07, 6.45) is 7.29. The van der Waals surface area contributed by atoms with Gasteiger partial charge in [0.2, 0.25) is 0 Å². The lowest BCUT2D eigenvalue weighted by Crippen LogP contribution is -2.10. The van der Waals surface area contributed by atoms with Gasteiger partial charge in [-0.05, 0) is 49.6 Å². The van der Waals surface area contributed by atoms with Crippen LogP contribution >= 0.6 is 22.7 Å². The molecule has 2 heterocycles. The van der Waals surface area contributed by atoms with E-state index in [4.69, 9.17) is 4.74 Å². The van der Waals surface area contributed by atoms with Gasteiger partial charge in [0.15, 0.2) is 5.78 Å². The molecule has 0 atom stereocenters. The summed E-state index contributed by atoms with van der Waals surface area (Å²) in [4.78, 5) is 26.3. The zero-order chi connectivity index (χ0) is 16.9. The van der Waals surface area contributed by atoms with Gasteiger partial charge in [-0.15, -0.1) is 22.7 Å². The van der Waals surface area contributed by atoms with Crippen LogP contribution in [-0.4, -0.2) is 18.4 Å². The average Bonchev–Trinajstić information content (AvgIpc) is 3.22. The Bertz CT molecular complexity index is 760. The van der Waals surface area contributed by atoms with Crippen molar-refractivity contribution in [2.24, 2.45) is 0 Å². The van der Waals surface area contributed by atoms with E-state index in [9.17, 15) is 9.59 Å². The first-order valence-electron chi connectivity index (χ1n) is 8.03. The molecule has 1 aliphatic rings. The van der Waals surface area contributed by atoms with Crippen molar-refractivity contribution in [1.29, 1.82) is 0 Å². The number of ether oxygens (including phenoxy) is 1. The molecule has 24 heavy (non-hydrogen) atoms. The molecule has 2 aromatic heterocycles. The molecule has 126 valence electrons. The van der Waals surface area contributed by atoms with Crippen LogP contribution in [0, 0.1) is 0 Å².